The zero-order valence-corrected chi connectivity index (χ0v) is 12.8. The monoisotopic (exact) mass is 320 g/mol. The van der Waals surface area contributed by atoms with E-state index in [1.54, 1.807) is 0 Å². The Morgan fingerprint density at radius 2 is 1.86 bits per heavy atom. The molecule has 0 aliphatic rings. The maximum Gasteiger partial charge on any atom is 0.303 e. The molecule has 0 amide bonds. The Morgan fingerprint density at radius 3 is 2.29 bits per heavy atom. The second kappa shape index (κ2) is 6.75. The Labute approximate surface area is 122 Å². The number of aryl methyl sites for hydroxylation is 1. The number of carbonyl (C=O) groups is 1. The Bertz CT molecular complexity index is 639. The third kappa shape index (κ3) is 4.07. The maximum atomic E-state index is 14.1. The lowest BCUT2D eigenvalue weighted by atomic mass is 10.1. The number of rotatable bonds is 7. The quantitative estimate of drug-likeness (QED) is 0.821. The Kier molecular flexibility index (Phi) is 5.54. The smallest absolute Gasteiger partial charge is 0.303 e. The molecule has 0 aliphatic heterocycles. The lowest BCUT2D eigenvalue weighted by Gasteiger charge is -2.16. The molecular weight excluding hydrogens is 303 g/mol. The van der Waals surface area contributed by atoms with E-state index >= 15 is 0 Å². The zero-order valence-electron chi connectivity index (χ0n) is 12.0. The van der Waals surface area contributed by atoms with Crippen LogP contribution in [0.5, 0.6) is 11.5 Å². The van der Waals surface area contributed by atoms with Crippen molar-refractivity contribution >= 4 is 15.8 Å². The molecule has 0 spiro atoms. The Morgan fingerprint density at radius 1 is 1.29 bits per heavy atom. The first-order valence-electron chi connectivity index (χ1n) is 6.07. The number of benzene rings is 1. The number of aliphatic carboxylic acids is 1. The molecule has 0 fully saturated rings. The molecule has 1 aromatic rings. The largest absolute Gasteiger partial charge is 0.493 e. The van der Waals surface area contributed by atoms with Gasteiger partial charge in [0.15, 0.2) is 21.3 Å². The number of carboxylic acid groups (broad SMARTS) is 1. The van der Waals surface area contributed by atoms with Crippen LogP contribution in [0, 0.1) is 5.82 Å². The molecule has 118 valence electrons. The number of hydrogen-bond donors (Lipinski definition) is 1. The van der Waals surface area contributed by atoms with E-state index < -0.39 is 26.5 Å². The highest BCUT2D eigenvalue weighted by Gasteiger charge is 2.26. The normalized spacial score (nSPS) is 11.2. The fraction of sp³-hybridized carbons (Fsp3) is 0.462. The molecule has 6 nitrogen and oxygen atoms in total. The van der Waals surface area contributed by atoms with Gasteiger partial charge in [-0.15, -0.1) is 0 Å². The number of sulfone groups is 1. The topological polar surface area (TPSA) is 89.9 Å². The molecule has 0 bridgehead atoms. The number of hydrogen-bond acceptors (Lipinski definition) is 5. The fourth-order valence-corrected chi connectivity index (χ4v) is 2.94. The molecule has 0 saturated heterocycles. The summed E-state index contributed by atoms with van der Waals surface area (Å²) in [6, 6.07) is 1.04. The van der Waals surface area contributed by atoms with Crippen LogP contribution in [0.25, 0.3) is 0 Å². The molecule has 0 saturated carbocycles. The van der Waals surface area contributed by atoms with Crippen LogP contribution in [0.1, 0.15) is 18.4 Å². The first-order chi connectivity index (χ1) is 9.72. The third-order valence-corrected chi connectivity index (χ3v) is 3.96. The van der Waals surface area contributed by atoms with Gasteiger partial charge in [-0.25, -0.2) is 12.8 Å². The van der Waals surface area contributed by atoms with Crippen molar-refractivity contribution in [3.63, 3.8) is 0 Å². The van der Waals surface area contributed by atoms with Crippen molar-refractivity contribution < 1.29 is 32.2 Å². The standard InChI is InChI=1S/C13H17FO6S/c1-19-11-8(5-4-6-10(15)16)7-9(14)13(12(11)20-2)21(3,17)18/h7H,4-6H2,1-3H3,(H,15,16). The van der Waals surface area contributed by atoms with Crippen molar-refractivity contribution in [1.82, 2.24) is 0 Å². The molecule has 21 heavy (non-hydrogen) atoms. The predicted molar refractivity (Wildman–Crippen MR) is 73.2 cm³/mol. The van der Waals surface area contributed by atoms with Crippen LogP contribution in [-0.4, -0.2) is 40.0 Å². The van der Waals surface area contributed by atoms with Crippen LogP contribution in [0.15, 0.2) is 11.0 Å². The van der Waals surface area contributed by atoms with Gasteiger partial charge in [-0.05, 0) is 18.9 Å². The van der Waals surface area contributed by atoms with E-state index in [1.165, 1.54) is 14.2 Å². The van der Waals surface area contributed by atoms with Crippen molar-refractivity contribution in [3.05, 3.63) is 17.4 Å². The van der Waals surface area contributed by atoms with E-state index in [0.29, 0.717) is 5.56 Å². The highest BCUT2D eigenvalue weighted by molar-refractivity contribution is 7.90. The molecular formula is C13H17FO6S. The number of ether oxygens (including phenoxy) is 2. The predicted octanol–water partition coefficient (Wildman–Crippen LogP) is 1.65. The summed E-state index contributed by atoms with van der Waals surface area (Å²) in [4.78, 5) is 9.94. The SMILES string of the molecule is COc1c(CCCC(=O)O)cc(F)c(S(C)(=O)=O)c1OC. The minimum absolute atomic E-state index is 0.0824. The van der Waals surface area contributed by atoms with Crippen molar-refractivity contribution in [2.75, 3.05) is 20.5 Å². The highest BCUT2D eigenvalue weighted by atomic mass is 32.2. The van der Waals surface area contributed by atoms with Crippen molar-refractivity contribution in [3.8, 4) is 11.5 Å². The molecule has 8 heteroatoms. The van der Waals surface area contributed by atoms with Gasteiger partial charge >= 0.3 is 5.97 Å². The molecule has 1 N–H and O–H groups in total. The summed E-state index contributed by atoms with van der Waals surface area (Å²) in [6.45, 7) is 0. The summed E-state index contributed by atoms with van der Waals surface area (Å²) < 4.78 is 47.5. The van der Waals surface area contributed by atoms with E-state index in [4.69, 9.17) is 14.6 Å². The number of methoxy groups -OCH3 is 2. The zero-order chi connectivity index (χ0) is 16.2. The van der Waals surface area contributed by atoms with Gasteiger partial charge < -0.3 is 14.6 Å². The van der Waals surface area contributed by atoms with Crippen LogP contribution in [0.2, 0.25) is 0 Å². The Hall–Kier alpha value is -1.83. The van der Waals surface area contributed by atoms with Gasteiger partial charge in [0, 0.05) is 18.2 Å². The molecule has 0 unspecified atom stereocenters. The van der Waals surface area contributed by atoms with Gasteiger partial charge in [0.1, 0.15) is 10.7 Å². The van der Waals surface area contributed by atoms with Gasteiger partial charge in [0.25, 0.3) is 0 Å². The number of halogens is 1. The molecule has 1 aromatic carbocycles. The summed E-state index contributed by atoms with van der Waals surface area (Å²) in [7, 11) is -1.31. The lowest BCUT2D eigenvalue weighted by Crippen LogP contribution is -2.08. The highest BCUT2D eigenvalue weighted by Crippen LogP contribution is 2.39. The van der Waals surface area contributed by atoms with Crippen LogP contribution >= 0.6 is 0 Å². The maximum absolute atomic E-state index is 14.1. The van der Waals surface area contributed by atoms with Gasteiger partial charge in [0.05, 0.1) is 14.2 Å². The first-order valence-corrected chi connectivity index (χ1v) is 7.96. The second-order valence-corrected chi connectivity index (χ2v) is 6.39. The second-order valence-electron chi connectivity index (χ2n) is 4.43. The number of carboxylic acids is 1. The molecule has 0 aliphatic carbocycles. The first kappa shape index (κ1) is 17.2. The minimum Gasteiger partial charge on any atom is -0.493 e. The fourth-order valence-electron chi connectivity index (χ4n) is 2.01. The molecule has 0 heterocycles. The van der Waals surface area contributed by atoms with Crippen LogP contribution in [0.3, 0.4) is 0 Å². The minimum atomic E-state index is -3.83. The van der Waals surface area contributed by atoms with E-state index in [9.17, 15) is 17.6 Å². The molecule has 0 radical (unpaired) electrons. The third-order valence-electron chi connectivity index (χ3n) is 2.84. The van der Waals surface area contributed by atoms with Gasteiger partial charge in [0.2, 0.25) is 0 Å². The Balaban J connectivity index is 3.35. The molecule has 0 aromatic heterocycles. The van der Waals surface area contributed by atoms with E-state index in [2.05, 4.69) is 0 Å². The van der Waals surface area contributed by atoms with Crippen molar-refractivity contribution in [2.24, 2.45) is 0 Å². The summed E-state index contributed by atoms with van der Waals surface area (Å²) in [6.07, 6.45) is 1.29. The van der Waals surface area contributed by atoms with Crippen molar-refractivity contribution in [1.29, 1.82) is 0 Å². The summed E-state index contributed by atoms with van der Waals surface area (Å²) in [5, 5.41) is 8.61. The van der Waals surface area contributed by atoms with Gasteiger partial charge in [-0.3, -0.25) is 4.79 Å². The average molecular weight is 320 g/mol. The van der Waals surface area contributed by atoms with E-state index in [-0.39, 0.29) is 30.8 Å². The summed E-state index contributed by atoms with van der Waals surface area (Å²) >= 11 is 0. The lowest BCUT2D eigenvalue weighted by molar-refractivity contribution is -0.137. The van der Waals surface area contributed by atoms with Crippen LogP contribution < -0.4 is 9.47 Å². The van der Waals surface area contributed by atoms with Gasteiger partial charge in [-0.1, -0.05) is 0 Å². The van der Waals surface area contributed by atoms with Crippen molar-refractivity contribution in [2.45, 2.75) is 24.2 Å². The van der Waals surface area contributed by atoms with E-state index in [1.807, 2.05) is 0 Å². The summed E-state index contributed by atoms with van der Waals surface area (Å²) in [5.74, 6) is -2.01. The van der Waals surface area contributed by atoms with E-state index in [0.717, 1.165) is 12.3 Å². The average Bonchev–Trinajstić information content (AvgIpc) is 2.35. The van der Waals surface area contributed by atoms with Crippen LogP contribution in [-0.2, 0) is 21.1 Å². The summed E-state index contributed by atoms with van der Waals surface area (Å²) in [5.41, 5.74) is 0.362. The van der Waals surface area contributed by atoms with Gasteiger partial charge in [-0.2, -0.15) is 0 Å². The van der Waals surface area contributed by atoms with Crippen LogP contribution in [0.4, 0.5) is 4.39 Å². The molecule has 0 atom stereocenters. The molecule has 1 rings (SSSR count).